The second-order valence-electron chi connectivity index (χ2n) is 4.84. The van der Waals surface area contributed by atoms with Gasteiger partial charge in [0, 0.05) is 9.51 Å². The number of benzene rings is 2. The van der Waals surface area contributed by atoms with Crippen LogP contribution in [0.5, 0.6) is 0 Å². The van der Waals surface area contributed by atoms with Gasteiger partial charge in [0.1, 0.15) is 0 Å². The summed E-state index contributed by atoms with van der Waals surface area (Å²) in [7, 11) is 0. The van der Waals surface area contributed by atoms with Crippen LogP contribution in [0.25, 0.3) is 11.1 Å². The van der Waals surface area contributed by atoms with Crippen molar-refractivity contribution in [2.24, 2.45) is 0 Å². The highest BCUT2D eigenvalue weighted by Crippen LogP contribution is 2.23. The molecule has 0 amide bonds. The fourth-order valence-corrected chi connectivity index (χ4v) is 2.52. The molecule has 2 aromatic carbocycles. The summed E-state index contributed by atoms with van der Waals surface area (Å²) in [6.07, 6.45) is 5.60. The summed E-state index contributed by atoms with van der Waals surface area (Å²) in [6.45, 7) is 2.21. The van der Waals surface area contributed by atoms with Crippen LogP contribution in [0.2, 0.25) is 0 Å². The van der Waals surface area contributed by atoms with Crippen molar-refractivity contribution in [3.63, 3.8) is 0 Å². The number of aryl methyl sites for hydroxylation is 1. The largest absolute Gasteiger partial charge is 0.0837 e. The van der Waals surface area contributed by atoms with E-state index >= 15 is 0 Å². The molecule has 0 fully saturated rings. The maximum atomic E-state index is 6.39. The first-order valence-corrected chi connectivity index (χ1v) is 8.08. The van der Waals surface area contributed by atoms with Gasteiger partial charge in [-0.1, -0.05) is 77.3 Å². The molecule has 0 heterocycles. The van der Waals surface area contributed by atoms with Crippen LogP contribution in [0, 0.1) is 0 Å². The summed E-state index contributed by atoms with van der Waals surface area (Å²) in [5.41, 5.74) is 3.55. The van der Waals surface area contributed by atoms with Crippen LogP contribution in [-0.4, -0.2) is 0 Å². The predicted molar refractivity (Wildman–Crippen MR) is 92.9 cm³/mol. The summed E-state index contributed by atoms with van der Waals surface area (Å²) >= 11 is 9.82. The lowest BCUT2D eigenvalue weighted by Crippen LogP contribution is -1.85. The molecule has 0 bridgehead atoms. The number of halogens is 2. The third-order valence-electron chi connectivity index (χ3n) is 3.21. The Kier molecular flexibility index (Phi) is 5.87. The zero-order valence-electron chi connectivity index (χ0n) is 11.6. The van der Waals surface area contributed by atoms with E-state index in [1.807, 2.05) is 30.3 Å². The fraction of sp³-hybridized carbons (Fsp3) is 0.222. The van der Waals surface area contributed by atoms with Gasteiger partial charge in [-0.3, -0.25) is 0 Å². The van der Waals surface area contributed by atoms with Gasteiger partial charge in [-0.05, 0) is 47.7 Å². The van der Waals surface area contributed by atoms with Crippen LogP contribution in [0.4, 0.5) is 0 Å². The molecule has 0 spiro atoms. The topological polar surface area (TPSA) is 0 Å². The molecule has 0 saturated heterocycles. The molecule has 0 unspecified atom stereocenters. The van der Waals surface area contributed by atoms with Gasteiger partial charge < -0.3 is 0 Å². The fourth-order valence-electron chi connectivity index (χ4n) is 2.00. The Morgan fingerprint density at radius 3 is 2.30 bits per heavy atom. The molecule has 2 aromatic rings. The molecule has 0 radical (unpaired) electrons. The smallest absolute Gasteiger partial charge is 0.0484 e. The van der Waals surface area contributed by atoms with Gasteiger partial charge in [0.05, 0.1) is 0 Å². The van der Waals surface area contributed by atoms with Crippen molar-refractivity contribution < 1.29 is 0 Å². The van der Waals surface area contributed by atoms with E-state index < -0.39 is 0 Å². The first-order valence-electron chi connectivity index (χ1n) is 6.91. The van der Waals surface area contributed by atoms with Gasteiger partial charge in [0.2, 0.25) is 0 Å². The van der Waals surface area contributed by atoms with Crippen LogP contribution in [0.1, 0.15) is 36.5 Å². The molecule has 0 atom stereocenters. The Bertz CT molecular complexity index is 567. The molecule has 0 aliphatic rings. The first-order chi connectivity index (χ1) is 9.69. The third-order valence-corrected chi connectivity index (χ3v) is 4.07. The number of hydrogen-bond donors (Lipinski definition) is 0. The van der Waals surface area contributed by atoms with E-state index in [0.29, 0.717) is 0 Å². The zero-order chi connectivity index (χ0) is 14.4. The number of rotatable bonds is 5. The van der Waals surface area contributed by atoms with Gasteiger partial charge in [-0.25, -0.2) is 0 Å². The number of hydrogen-bond acceptors (Lipinski definition) is 0. The summed E-state index contributed by atoms with van der Waals surface area (Å²) in [4.78, 5) is 0. The SMILES string of the molecule is CCCCc1ccc(C(Cl)=Cc2ccc(Br)cc2)cc1. The summed E-state index contributed by atoms with van der Waals surface area (Å²) in [6, 6.07) is 16.7. The molecular weight excluding hydrogens is 332 g/mol. The Labute approximate surface area is 134 Å². The lowest BCUT2D eigenvalue weighted by Gasteiger charge is -2.03. The van der Waals surface area contributed by atoms with E-state index in [1.54, 1.807) is 0 Å². The molecule has 0 N–H and O–H groups in total. The summed E-state index contributed by atoms with van der Waals surface area (Å²) < 4.78 is 1.08. The molecule has 104 valence electrons. The highest BCUT2D eigenvalue weighted by atomic mass is 79.9. The quantitative estimate of drug-likeness (QED) is 0.538. The van der Waals surface area contributed by atoms with E-state index in [2.05, 4.69) is 47.1 Å². The van der Waals surface area contributed by atoms with Crippen LogP contribution in [0.15, 0.2) is 53.0 Å². The third kappa shape index (κ3) is 4.50. The maximum Gasteiger partial charge on any atom is 0.0484 e. The van der Waals surface area contributed by atoms with Gasteiger partial charge in [-0.15, -0.1) is 0 Å². The van der Waals surface area contributed by atoms with Gasteiger partial charge >= 0.3 is 0 Å². The minimum Gasteiger partial charge on any atom is -0.0837 e. The van der Waals surface area contributed by atoms with Crippen LogP contribution in [0.3, 0.4) is 0 Å². The zero-order valence-corrected chi connectivity index (χ0v) is 13.9. The Hall–Kier alpha value is -1.05. The average molecular weight is 350 g/mol. The van der Waals surface area contributed by atoms with Crippen molar-refractivity contribution in [3.05, 3.63) is 69.7 Å². The molecule has 0 nitrogen and oxygen atoms in total. The Balaban J connectivity index is 2.12. The van der Waals surface area contributed by atoms with E-state index in [4.69, 9.17) is 11.6 Å². The second kappa shape index (κ2) is 7.66. The van der Waals surface area contributed by atoms with Crippen LogP contribution >= 0.6 is 27.5 Å². The normalized spacial score (nSPS) is 11.7. The lowest BCUT2D eigenvalue weighted by molar-refractivity contribution is 0.795. The molecule has 0 saturated carbocycles. The summed E-state index contributed by atoms with van der Waals surface area (Å²) in [5, 5.41) is 0.773. The highest BCUT2D eigenvalue weighted by Gasteiger charge is 2.00. The molecule has 20 heavy (non-hydrogen) atoms. The van der Waals surface area contributed by atoms with Crippen LogP contribution in [-0.2, 0) is 6.42 Å². The first kappa shape index (κ1) is 15.3. The molecule has 0 aliphatic heterocycles. The molecule has 2 heteroatoms. The molecule has 0 aromatic heterocycles. The van der Waals surface area contributed by atoms with Crippen molar-refractivity contribution in [2.75, 3.05) is 0 Å². The minimum atomic E-state index is 0.773. The molecule has 0 aliphatic carbocycles. The van der Waals surface area contributed by atoms with Crippen molar-refractivity contribution in [2.45, 2.75) is 26.2 Å². The molecular formula is C18H18BrCl. The maximum absolute atomic E-state index is 6.39. The van der Waals surface area contributed by atoms with Gasteiger partial charge in [0.15, 0.2) is 0 Å². The van der Waals surface area contributed by atoms with E-state index in [9.17, 15) is 0 Å². The second-order valence-corrected chi connectivity index (χ2v) is 6.17. The standard InChI is InChI=1S/C18H18BrCl/c1-2-3-4-14-5-9-16(10-6-14)18(20)13-15-7-11-17(19)12-8-15/h5-13H,2-4H2,1H3. The van der Waals surface area contributed by atoms with Crippen LogP contribution < -0.4 is 0 Å². The van der Waals surface area contributed by atoms with Crippen molar-refractivity contribution in [1.29, 1.82) is 0 Å². The lowest BCUT2D eigenvalue weighted by atomic mass is 10.1. The average Bonchev–Trinajstić information content (AvgIpc) is 2.48. The van der Waals surface area contributed by atoms with Gasteiger partial charge in [0.25, 0.3) is 0 Å². The van der Waals surface area contributed by atoms with Crippen molar-refractivity contribution in [3.8, 4) is 0 Å². The summed E-state index contributed by atoms with van der Waals surface area (Å²) in [5.74, 6) is 0. The van der Waals surface area contributed by atoms with Crippen molar-refractivity contribution in [1.82, 2.24) is 0 Å². The van der Waals surface area contributed by atoms with E-state index in [0.717, 1.165) is 27.1 Å². The Morgan fingerprint density at radius 2 is 1.70 bits per heavy atom. The number of unbranched alkanes of at least 4 members (excludes halogenated alkanes) is 1. The predicted octanol–water partition coefficient (Wildman–Crippen LogP) is 6.53. The van der Waals surface area contributed by atoms with E-state index in [1.165, 1.54) is 18.4 Å². The monoisotopic (exact) mass is 348 g/mol. The Morgan fingerprint density at radius 1 is 1.05 bits per heavy atom. The van der Waals surface area contributed by atoms with Gasteiger partial charge in [-0.2, -0.15) is 0 Å². The minimum absolute atomic E-state index is 0.773. The molecule has 2 rings (SSSR count). The highest BCUT2D eigenvalue weighted by molar-refractivity contribution is 9.10. The van der Waals surface area contributed by atoms with E-state index in [-0.39, 0.29) is 0 Å². The van der Waals surface area contributed by atoms with Crippen molar-refractivity contribution >= 4 is 38.6 Å².